The minimum atomic E-state index is -0.993. The van der Waals surface area contributed by atoms with Crippen LogP contribution in [-0.2, 0) is 25.4 Å². The lowest BCUT2D eigenvalue weighted by Crippen LogP contribution is -2.52. The molecule has 2 aromatic rings. The van der Waals surface area contributed by atoms with Crippen molar-refractivity contribution in [1.29, 1.82) is 0 Å². The van der Waals surface area contributed by atoms with E-state index in [2.05, 4.69) is 0 Å². The molecule has 1 atom stereocenters. The molecule has 0 unspecified atom stereocenters. The van der Waals surface area contributed by atoms with Crippen LogP contribution in [0, 0.1) is 0 Å². The van der Waals surface area contributed by atoms with Crippen molar-refractivity contribution >= 4 is 24.5 Å². The predicted octanol–water partition coefficient (Wildman–Crippen LogP) is 1.37. The van der Waals surface area contributed by atoms with Crippen molar-refractivity contribution in [2.75, 3.05) is 6.54 Å². The van der Waals surface area contributed by atoms with E-state index < -0.39 is 25.1 Å². The Morgan fingerprint density at radius 1 is 1.00 bits per heavy atom. The molecular formula is C18H18BNO4. The van der Waals surface area contributed by atoms with Gasteiger partial charge in [0.2, 0.25) is 0 Å². The average molecular weight is 323 g/mol. The molecule has 1 aliphatic heterocycles. The summed E-state index contributed by atoms with van der Waals surface area (Å²) in [5.74, 6) is -0.827. The first-order chi connectivity index (χ1) is 11.6. The minimum absolute atomic E-state index is 0.0362. The molecular weight excluding hydrogens is 305 g/mol. The number of carbonyl (C=O) groups excluding carboxylic acids is 2. The highest BCUT2D eigenvalue weighted by Crippen LogP contribution is 2.13. The summed E-state index contributed by atoms with van der Waals surface area (Å²) < 4.78 is 10.7. The van der Waals surface area contributed by atoms with Crippen LogP contribution in [0.3, 0.4) is 0 Å². The van der Waals surface area contributed by atoms with Gasteiger partial charge in [0.15, 0.2) is 0 Å². The Bertz CT molecular complexity index is 707. The predicted molar refractivity (Wildman–Crippen MR) is 90.3 cm³/mol. The van der Waals surface area contributed by atoms with Crippen LogP contribution in [0.15, 0.2) is 60.7 Å². The summed E-state index contributed by atoms with van der Waals surface area (Å²) in [5, 5.41) is 0. The molecule has 0 saturated carbocycles. The molecule has 2 aromatic carbocycles. The van der Waals surface area contributed by atoms with E-state index in [1.807, 2.05) is 36.4 Å². The number of benzene rings is 2. The summed E-state index contributed by atoms with van der Waals surface area (Å²) >= 11 is 0. The van der Waals surface area contributed by atoms with E-state index in [0.29, 0.717) is 12.0 Å². The summed E-state index contributed by atoms with van der Waals surface area (Å²) in [6.07, 6.45) is 0. The van der Waals surface area contributed by atoms with E-state index in [0.717, 1.165) is 5.56 Å². The molecule has 0 radical (unpaired) electrons. The second-order valence-electron chi connectivity index (χ2n) is 5.74. The van der Waals surface area contributed by atoms with Gasteiger partial charge in [-0.15, -0.1) is 0 Å². The second-order valence-corrected chi connectivity index (χ2v) is 5.74. The van der Waals surface area contributed by atoms with Gasteiger partial charge < -0.3 is 9.31 Å². The van der Waals surface area contributed by atoms with E-state index in [4.69, 9.17) is 9.31 Å². The van der Waals surface area contributed by atoms with Crippen molar-refractivity contribution in [3.05, 3.63) is 66.2 Å². The molecule has 0 amide bonds. The Morgan fingerprint density at radius 3 is 2.29 bits per heavy atom. The number of hydrogen-bond acceptors (Lipinski definition) is 5. The van der Waals surface area contributed by atoms with E-state index in [-0.39, 0.29) is 6.54 Å². The average Bonchev–Trinajstić information content (AvgIpc) is 2.60. The number of carbonyl (C=O) groups is 2. The summed E-state index contributed by atoms with van der Waals surface area (Å²) in [4.78, 5) is 26.4. The molecule has 6 heteroatoms. The maximum Gasteiger partial charge on any atom is 0.636 e. The fraction of sp³-hybridized carbons (Fsp3) is 0.222. The van der Waals surface area contributed by atoms with Gasteiger partial charge in [0.1, 0.15) is 6.04 Å². The molecule has 0 aromatic heterocycles. The van der Waals surface area contributed by atoms with E-state index >= 15 is 0 Å². The number of hydrogen-bond donors (Lipinski definition) is 0. The lowest BCUT2D eigenvalue weighted by Gasteiger charge is -2.30. The highest BCUT2D eigenvalue weighted by molar-refractivity contribution is 6.64. The van der Waals surface area contributed by atoms with Crippen molar-refractivity contribution in [3.8, 4) is 0 Å². The molecule has 0 bridgehead atoms. The van der Waals surface area contributed by atoms with E-state index in [9.17, 15) is 9.59 Å². The van der Waals surface area contributed by atoms with Gasteiger partial charge in [-0.2, -0.15) is 0 Å². The van der Waals surface area contributed by atoms with Gasteiger partial charge in [-0.05, 0) is 12.5 Å². The number of rotatable bonds is 3. The van der Waals surface area contributed by atoms with Crippen molar-refractivity contribution in [1.82, 2.24) is 4.90 Å². The van der Waals surface area contributed by atoms with Crippen molar-refractivity contribution < 1.29 is 18.9 Å². The van der Waals surface area contributed by atoms with Crippen molar-refractivity contribution in [3.63, 3.8) is 0 Å². The topological polar surface area (TPSA) is 55.8 Å². The minimum Gasteiger partial charge on any atom is -0.494 e. The van der Waals surface area contributed by atoms with Gasteiger partial charge in [-0.1, -0.05) is 60.7 Å². The highest BCUT2D eigenvalue weighted by Gasteiger charge is 2.37. The number of nitrogens with zero attached hydrogens (tertiary/aromatic N) is 1. The Kier molecular flexibility index (Phi) is 4.96. The summed E-state index contributed by atoms with van der Waals surface area (Å²) in [6, 6.07) is 18.1. The molecule has 5 nitrogen and oxygen atoms in total. The van der Waals surface area contributed by atoms with E-state index in [1.165, 1.54) is 0 Å². The van der Waals surface area contributed by atoms with Gasteiger partial charge in [0.05, 0.1) is 6.54 Å². The van der Waals surface area contributed by atoms with Gasteiger partial charge in [0, 0.05) is 12.0 Å². The second kappa shape index (κ2) is 7.32. The summed E-state index contributed by atoms with van der Waals surface area (Å²) in [6.45, 7) is 2.25. The smallest absolute Gasteiger partial charge is 0.494 e. The molecule has 0 spiro atoms. The Hall–Kier alpha value is -2.60. The van der Waals surface area contributed by atoms with Crippen LogP contribution in [0.2, 0.25) is 0 Å². The lowest BCUT2D eigenvalue weighted by molar-refractivity contribution is -0.150. The van der Waals surface area contributed by atoms with Crippen LogP contribution >= 0.6 is 0 Å². The normalized spacial score (nSPS) is 19.2. The Balaban J connectivity index is 1.77. The van der Waals surface area contributed by atoms with Gasteiger partial charge in [-0.3, -0.25) is 14.5 Å². The van der Waals surface area contributed by atoms with Gasteiger partial charge >= 0.3 is 19.1 Å². The van der Waals surface area contributed by atoms with Crippen molar-refractivity contribution in [2.24, 2.45) is 0 Å². The molecule has 1 fully saturated rings. The maximum atomic E-state index is 12.4. The molecule has 0 aliphatic carbocycles. The third-order valence-electron chi connectivity index (χ3n) is 3.98. The maximum absolute atomic E-state index is 12.4. The van der Waals surface area contributed by atoms with Crippen LogP contribution in [0.5, 0.6) is 0 Å². The highest BCUT2D eigenvalue weighted by atomic mass is 16.6. The molecule has 0 N–H and O–H groups in total. The largest absolute Gasteiger partial charge is 0.636 e. The summed E-state index contributed by atoms with van der Waals surface area (Å²) in [7, 11) is -0.993. The quantitative estimate of drug-likeness (QED) is 0.799. The fourth-order valence-corrected chi connectivity index (χ4v) is 2.59. The third kappa shape index (κ3) is 3.83. The summed E-state index contributed by atoms with van der Waals surface area (Å²) in [5.41, 5.74) is 1.66. The molecule has 1 saturated heterocycles. The molecule has 3 rings (SSSR count). The van der Waals surface area contributed by atoms with Crippen LogP contribution in [0.4, 0.5) is 0 Å². The first kappa shape index (κ1) is 16.3. The van der Waals surface area contributed by atoms with Crippen LogP contribution in [0.25, 0.3) is 0 Å². The fourth-order valence-electron chi connectivity index (χ4n) is 2.59. The Morgan fingerprint density at radius 2 is 1.62 bits per heavy atom. The zero-order valence-corrected chi connectivity index (χ0v) is 13.4. The lowest BCUT2D eigenvalue weighted by atomic mass is 9.78. The van der Waals surface area contributed by atoms with Crippen LogP contribution in [0.1, 0.15) is 12.5 Å². The molecule has 1 aliphatic rings. The first-order valence-corrected chi connectivity index (χ1v) is 7.86. The zero-order valence-electron chi connectivity index (χ0n) is 13.4. The van der Waals surface area contributed by atoms with Crippen LogP contribution in [-0.4, -0.2) is 36.5 Å². The van der Waals surface area contributed by atoms with Crippen molar-refractivity contribution in [2.45, 2.75) is 19.5 Å². The molecule has 1 heterocycles. The molecule has 122 valence electrons. The van der Waals surface area contributed by atoms with Gasteiger partial charge in [0.25, 0.3) is 0 Å². The molecule has 24 heavy (non-hydrogen) atoms. The zero-order chi connectivity index (χ0) is 16.9. The SMILES string of the molecule is C[C@@H]1C(=O)OB(c2ccccc2)OC(=O)CN1Cc1ccccc1. The first-order valence-electron chi connectivity index (χ1n) is 7.86. The van der Waals surface area contributed by atoms with Crippen LogP contribution < -0.4 is 5.46 Å². The van der Waals surface area contributed by atoms with Gasteiger partial charge in [-0.25, -0.2) is 0 Å². The monoisotopic (exact) mass is 323 g/mol. The third-order valence-corrected chi connectivity index (χ3v) is 3.98. The van der Waals surface area contributed by atoms with E-state index in [1.54, 1.807) is 36.1 Å². The standard InChI is InChI=1S/C18H18BNO4/c1-14-18(22)24-19(16-10-6-3-7-11-16)23-17(21)13-20(14)12-15-8-4-2-5-9-15/h2-11,14H,12-13H2,1H3/t14-/m1/s1. The Labute approximate surface area is 141 Å².